The second kappa shape index (κ2) is 5.34. The molecule has 1 saturated carbocycles. The molecule has 23 heavy (non-hydrogen) atoms. The number of nitriles is 1. The van der Waals surface area contributed by atoms with E-state index in [9.17, 15) is 13.7 Å². The highest BCUT2D eigenvalue weighted by Gasteiger charge is 2.70. The molecule has 2 aromatic rings. The lowest BCUT2D eigenvalue weighted by Gasteiger charge is -2.05. The zero-order valence-electron chi connectivity index (χ0n) is 12.4. The van der Waals surface area contributed by atoms with Crippen LogP contribution >= 0.6 is 11.6 Å². The number of benzene rings is 2. The molecule has 3 atom stereocenters. The van der Waals surface area contributed by atoms with Gasteiger partial charge in [-0.15, -0.1) is 0 Å². The number of nitrogens with two attached hydrogens (primary N) is 1. The third-order valence-corrected chi connectivity index (χ3v) is 6.80. The SMILES string of the molecule is Cc1ccc(S(=O)(=O)[C@@H]2[C@@H](c3ccc(Cl)cc3)[C@@]2(N)C#N)cc1. The molecule has 2 aromatic carbocycles. The van der Waals surface area contributed by atoms with Gasteiger partial charge in [0.25, 0.3) is 0 Å². The molecule has 0 saturated heterocycles. The first kappa shape index (κ1) is 16.0. The second-order valence-electron chi connectivity index (χ2n) is 5.85. The first-order valence-electron chi connectivity index (χ1n) is 7.07. The van der Waals surface area contributed by atoms with E-state index in [4.69, 9.17) is 17.3 Å². The van der Waals surface area contributed by atoms with E-state index in [0.717, 1.165) is 5.56 Å². The van der Waals surface area contributed by atoms with Crippen LogP contribution in [0.1, 0.15) is 17.0 Å². The van der Waals surface area contributed by atoms with Gasteiger partial charge in [0.2, 0.25) is 0 Å². The second-order valence-corrected chi connectivity index (χ2v) is 8.36. The zero-order valence-corrected chi connectivity index (χ0v) is 14.0. The van der Waals surface area contributed by atoms with E-state index >= 15 is 0 Å². The maximum absolute atomic E-state index is 12.9. The molecule has 0 amide bonds. The molecule has 0 unspecified atom stereocenters. The molecule has 1 fully saturated rings. The molecular formula is C17H15ClN2O2S. The van der Waals surface area contributed by atoms with E-state index in [2.05, 4.69) is 0 Å². The summed E-state index contributed by atoms with van der Waals surface area (Å²) < 4.78 is 25.7. The number of aryl methyl sites for hydroxylation is 1. The first-order chi connectivity index (χ1) is 10.8. The summed E-state index contributed by atoms with van der Waals surface area (Å²) in [6.45, 7) is 1.88. The van der Waals surface area contributed by atoms with Crippen molar-refractivity contribution in [1.82, 2.24) is 0 Å². The Morgan fingerprint density at radius 2 is 1.70 bits per heavy atom. The summed E-state index contributed by atoms with van der Waals surface area (Å²) in [6.07, 6.45) is 0. The van der Waals surface area contributed by atoms with Crippen molar-refractivity contribution in [3.63, 3.8) is 0 Å². The van der Waals surface area contributed by atoms with Crippen molar-refractivity contribution in [3.05, 3.63) is 64.7 Å². The quantitative estimate of drug-likeness (QED) is 0.926. The van der Waals surface area contributed by atoms with Crippen molar-refractivity contribution in [2.45, 2.75) is 28.5 Å². The largest absolute Gasteiger partial charge is 0.312 e. The maximum Gasteiger partial charge on any atom is 0.184 e. The van der Waals surface area contributed by atoms with E-state index in [0.29, 0.717) is 10.6 Å². The zero-order chi connectivity index (χ0) is 16.8. The highest BCUT2D eigenvalue weighted by atomic mass is 35.5. The maximum atomic E-state index is 12.9. The van der Waals surface area contributed by atoms with Gasteiger partial charge in [0.05, 0.1) is 11.0 Å². The van der Waals surface area contributed by atoms with Gasteiger partial charge in [0.15, 0.2) is 9.84 Å². The predicted molar refractivity (Wildman–Crippen MR) is 88.9 cm³/mol. The molecule has 0 bridgehead atoms. The molecule has 0 aromatic heterocycles. The molecule has 0 heterocycles. The summed E-state index contributed by atoms with van der Waals surface area (Å²) in [7, 11) is -3.69. The lowest BCUT2D eigenvalue weighted by atomic mass is 10.1. The van der Waals surface area contributed by atoms with E-state index in [1.165, 1.54) is 0 Å². The standard InChI is InChI=1S/C17H15ClN2O2S/c1-11-2-8-14(9-3-11)23(21,22)16-15(17(16,20)10-19)12-4-6-13(18)7-5-12/h2-9,15-16H,20H2,1H3/t15-,16-,17+/m1/s1. The van der Waals surface area contributed by atoms with E-state index < -0.39 is 26.5 Å². The minimum Gasteiger partial charge on any atom is -0.312 e. The molecule has 4 nitrogen and oxygen atoms in total. The number of sulfone groups is 1. The van der Waals surface area contributed by atoms with Gasteiger partial charge < -0.3 is 5.73 Å². The van der Waals surface area contributed by atoms with Gasteiger partial charge in [-0.1, -0.05) is 41.4 Å². The highest BCUT2D eigenvalue weighted by Crippen LogP contribution is 2.55. The third kappa shape index (κ3) is 2.53. The lowest BCUT2D eigenvalue weighted by molar-refractivity contribution is 0.592. The van der Waals surface area contributed by atoms with Gasteiger partial charge in [0, 0.05) is 10.9 Å². The van der Waals surface area contributed by atoms with Gasteiger partial charge in [-0.3, -0.25) is 0 Å². The number of rotatable bonds is 3. The Labute approximate surface area is 140 Å². The van der Waals surface area contributed by atoms with Crippen LogP contribution in [-0.2, 0) is 9.84 Å². The van der Waals surface area contributed by atoms with Crippen LogP contribution in [0.25, 0.3) is 0 Å². The van der Waals surface area contributed by atoms with E-state index in [1.807, 2.05) is 13.0 Å². The first-order valence-corrected chi connectivity index (χ1v) is 8.99. The summed E-state index contributed by atoms with van der Waals surface area (Å²) in [5.74, 6) is -0.559. The summed E-state index contributed by atoms with van der Waals surface area (Å²) in [4.78, 5) is 0.189. The van der Waals surface area contributed by atoms with Crippen LogP contribution in [0.2, 0.25) is 5.02 Å². The number of halogens is 1. The van der Waals surface area contributed by atoms with Crippen LogP contribution in [0.3, 0.4) is 0 Å². The smallest absolute Gasteiger partial charge is 0.184 e. The van der Waals surface area contributed by atoms with Gasteiger partial charge in [-0.25, -0.2) is 8.42 Å². The monoisotopic (exact) mass is 346 g/mol. The van der Waals surface area contributed by atoms with E-state index in [-0.39, 0.29) is 4.90 Å². The number of hydrogen-bond acceptors (Lipinski definition) is 4. The molecule has 6 heteroatoms. The Morgan fingerprint density at radius 1 is 1.13 bits per heavy atom. The fourth-order valence-electron chi connectivity index (χ4n) is 2.94. The molecule has 0 radical (unpaired) electrons. The normalized spacial score (nSPS) is 26.5. The Balaban J connectivity index is 2.03. The van der Waals surface area contributed by atoms with Crippen molar-refractivity contribution in [2.75, 3.05) is 0 Å². The van der Waals surface area contributed by atoms with Crippen molar-refractivity contribution in [2.24, 2.45) is 5.73 Å². The van der Waals surface area contributed by atoms with Crippen LogP contribution < -0.4 is 5.73 Å². The summed E-state index contributed by atoms with van der Waals surface area (Å²) in [6, 6.07) is 15.3. The average Bonchev–Trinajstić information content (AvgIpc) is 3.16. The van der Waals surface area contributed by atoms with Crippen molar-refractivity contribution < 1.29 is 8.42 Å². The van der Waals surface area contributed by atoms with Crippen LogP contribution in [0.5, 0.6) is 0 Å². The summed E-state index contributed by atoms with van der Waals surface area (Å²) in [5, 5.41) is 9.00. The number of hydrogen-bond donors (Lipinski definition) is 1. The van der Waals surface area contributed by atoms with Crippen LogP contribution in [0.4, 0.5) is 0 Å². The molecule has 118 valence electrons. The van der Waals surface area contributed by atoms with Crippen molar-refractivity contribution in [1.29, 1.82) is 5.26 Å². The topological polar surface area (TPSA) is 83.9 Å². The highest BCUT2D eigenvalue weighted by molar-refractivity contribution is 7.92. The molecule has 1 aliphatic rings. The number of nitrogens with zero attached hydrogens (tertiary/aromatic N) is 1. The predicted octanol–water partition coefficient (Wildman–Crippen LogP) is 2.81. The fraction of sp³-hybridized carbons (Fsp3) is 0.235. The molecule has 3 rings (SSSR count). The minimum atomic E-state index is -3.69. The van der Waals surface area contributed by atoms with Gasteiger partial charge >= 0.3 is 0 Å². The molecule has 0 spiro atoms. The molecule has 1 aliphatic carbocycles. The van der Waals surface area contributed by atoms with Crippen LogP contribution in [0, 0.1) is 18.3 Å². The van der Waals surface area contributed by atoms with Crippen molar-refractivity contribution in [3.8, 4) is 6.07 Å². The summed E-state index contributed by atoms with van der Waals surface area (Å²) >= 11 is 5.86. The lowest BCUT2D eigenvalue weighted by Crippen LogP contribution is -2.29. The van der Waals surface area contributed by atoms with Gasteiger partial charge in [-0.2, -0.15) is 5.26 Å². The third-order valence-electron chi connectivity index (χ3n) is 4.29. The van der Waals surface area contributed by atoms with Gasteiger partial charge in [-0.05, 0) is 36.8 Å². The fourth-order valence-corrected chi connectivity index (χ4v) is 5.25. The molecule has 0 aliphatic heterocycles. The minimum absolute atomic E-state index is 0.189. The van der Waals surface area contributed by atoms with Crippen molar-refractivity contribution >= 4 is 21.4 Å². The van der Waals surface area contributed by atoms with E-state index in [1.54, 1.807) is 48.5 Å². The van der Waals surface area contributed by atoms with Crippen LogP contribution in [-0.4, -0.2) is 19.2 Å². The molecule has 2 N–H and O–H groups in total. The molecular weight excluding hydrogens is 332 g/mol. The van der Waals surface area contributed by atoms with Gasteiger partial charge in [0.1, 0.15) is 10.8 Å². The Bertz CT molecular complexity index is 886. The Hall–Kier alpha value is -1.87. The summed E-state index contributed by atoms with van der Waals surface area (Å²) in [5.41, 5.74) is 6.34. The average molecular weight is 347 g/mol. The van der Waals surface area contributed by atoms with Crippen LogP contribution in [0.15, 0.2) is 53.4 Å². The Morgan fingerprint density at radius 3 is 2.22 bits per heavy atom. The Kier molecular flexibility index (Phi) is 3.72.